The normalized spacial score (nSPS) is 22.2. The largest absolute Gasteiger partial charge is 0.395 e. The smallest absolute Gasteiger partial charge is 0.242 e. The molecule has 0 atom stereocenters. The van der Waals surface area contributed by atoms with Gasteiger partial charge in [-0.3, -0.25) is 9.69 Å². The molecule has 2 aliphatic rings. The first-order valence-corrected chi connectivity index (χ1v) is 8.45. The number of nitrogens with zero attached hydrogens (tertiary/aromatic N) is 2. The summed E-state index contributed by atoms with van der Waals surface area (Å²) in [6, 6.07) is 0.320. The van der Waals surface area contributed by atoms with Crippen LogP contribution in [0.3, 0.4) is 0 Å². The van der Waals surface area contributed by atoms with E-state index < -0.39 is 5.54 Å². The van der Waals surface area contributed by atoms with Crippen LogP contribution in [0.1, 0.15) is 46.0 Å². The molecule has 1 heterocycles. The van der Waals surface area contributed by atoms with Gasteiger partial charge in [-0.1, -0.05) is 19.3 Å². The molecule has 0 spiro atoms. The molecule has 0 aromatic heterocycles. The average molecular weight is 297 g/mol. The number of carbonyl (C=O) groups excluding carboxylic acids is 1. The minimum absolute atomic E-state index is 0.0554. The number of amides is 1. The van der Waals surface area contributed by atoms with Crippen molar-refractivity contribution in [2.45, 2.75) is 57.5 Å². The lowest BCUT2D eigenvalue weighted by molar-refractivity contribution is -0.147. The van der Waals surface area contributed by atoms with Gasteiger partial charge >= 0.3 is 0 Å². The summed E-state index contributed by atoms with van der Waals surface area (Å²) in [7, 11) is 0. The Labute approximate surface area is 128 Å². The number of nitrogens with one attached hydrogen (secondary N) is 1. The van der Waals surface area contributed by atoms with Crippen LogP contribution in [0.5, 0.6) is 0 Å². The van der Waals surface area contributed by atoms with Crippen LogP contribution in [0.4, 0.5) is 0 Å². The van der Waals surface area contributed by atoms with Gasteiger partial charge in [0.2, 0.25) is 5.91 Å². The summed E-state index contributed by atoms with van der Waals surface area (Å²) < 4.78 is 0. The molecule has 5 nitrogen and oxygen atoms in total. The molecule has 0 aromatic rings. The lowest BCUT2D eigenvalue weighted by atomic mass is 9.91. The summed E-state index contributed by atoms with van der Waals surface area (Å²) in [6.07, 6.45) is 5.85. The van der Waals surface area contributed by atoms with Crippen LogP contribution < -0.4 is 5.32 Å². The van der Waals surface area contributed by atoms with Gasteiger partial charge in [-0.05, 0) is 26.7 Å². The molecule has 0 unspecified atom stereocenters. The van der Waals surface area contributed by atoms with E-state index in [1.807, 2.05) is 18.7 Å². The van der Waals surface area contributed by atoms with Crippen molar-refractivity contribution in [3.8, 4) is 0 Å². The molecule has 0 radical (unpaired) electrons. The molecule has 1 aliphatic carbocycles. The third-order valence-corrected chi connectivity index (χ3v) is 5.05. The first-order chi connectivity index (χ1) is 10.1. The van der Waals surface area contributed by atoms with Crippen LogP contribution in [-0.2, 0) is 4.79 Å². The van der Waals surface area contributed by atoms with E-state index in [1.165, 1.54) is 19.3 Å². The van der Waals surface area contributed by atoms with Gasteiger partial charge in [0.05, 0.1) is 12.1 Å². The Hall–Kier alpha value is -0.650. The van der Waals surface area contributed by atoms with Crippen molar-refractivity contribution >= 4 is 5.91 Å². The van der Waals surface area contributed by atoms with Crippen molar-refractivity contribution < 1.29 is 9.90 Å². The van der Waals surface area contributed by atoms with E-state index in [0.29, 0.717) is 12.6 Å². The van der Waals surface area contributed by atoms with E-state index in [-0.39, 0.29) is 12.5 Å². The number of piperazine rings is 1. The fourth-order valence-electron chi connectivity index (χ4n) is 3.66. The first-order valence-electron chi connectivity index (χ1n) is 8.45. The number of hydrogen-bond acceptors (Lipinski definition) is 4. The molecular formula is C16H31N3O2. The fourth-order valence-corrected chi connectivity index (χ4v) is 3.66. The average Bonchev–Trinajstić information content (AvgIpc) is 2.53. The van der Waals surface area contributed by atoms with E-state index in [2.05, 4.69) is 10.2 Å². The lowest BCUT2D eigenvalue weighted by Gasteiger charge is -2.45. The zero-order valence-corrected chi connectivity index (χ0v) is 13.6. The van der Waals surface area contributed by atoms with Crippen LogP contribution in [0.25, 0.3) is 0 Å². The zero-order chi connectivity index (χ0) is 15.3. The van der Waals surface area contributed by atoms with Crippen molar-refractivity contribution in [1.29, 1.82) is 0 Å². The molecule has 2 N–H and O–H groups in total. The molecule has 5 heteroatoms. The Morgan fingerprint density at radius 2 is 1.86 bits per heavy atom. The van der Waals surface area contributed by atoms with Crippen molar-refractivity contribution in [1.82, 2.24) is 15.1 Å². The number of carbonyl (C=O) groups is 1. The Kier molecular flexibility index (Phi) is 6.02. The first kappa shape index (κ1) is 16.7. The van der Waals surface area contributed by atoms with Crippen molar-refractivity contribution in [2.75, 3.05) is 39.3 Å². The maximum atomic E-state index is 13.1. The van der Waals surface area contributed by atoms with Crippen LogP contribution in [0, 0.1) is 0 Å². The molecule has 1 saturated heterocycles. The Bertz CT molecular complexity index is 334. The summed E-state index contributed by atoms with van der Waals surface area (Å²) in [4.78, 5) is 17.3. The number of aliphatic hydroxyl groups excluding tert-OH is 1. The molecule has 0 aromatic carbocycles. The minimum atomic E-state index is -0.477. The van der Waals surface area contributed by atoms with Gasteiger partial charge in [0.25, 0.3) is 0 Å². The third kappa shape index (κ3) is 3.96. The molecular weight excluding hydrogens is 266 g/mol. The van der Waals surface area contributed by atoms with Gasteiger partial charge < -0.3 is 15.3 Å². The van der Waals surface area contributed by atoms with Gasteiger partial charge in [0.15, 0.2) is 0 Å². The SMILES string of the molecule is CC(C)(C(=O)N(CCO)C1CCCCC1)N1CCNCC1. The van der Waals surface area contributed by atoms with Crippen LogP contribution in [-0.4, -0.2) is 71.7 Å². The van der Waals surface area contributed by atoms with Crippen LogP contribution in [0.15, 0.2) is 0 Å². The van der Waals surface area contributed by atoms with Gasteiger partial charge in [0.1, 0.15) is 0 Å². The van der Waals surface area contributed by atoms with E-state index in [9.17, 15) is 9.90 Å². The van der Waals surface area contributed by atoms with E-state index >= 15 is 0 Å². The molecule has 1 amide bonds. The zero-order valence-electron chi connectivity index (χ0n) is 13.6. The molecule has 2 rings (SSSR count). The highest BCUT2D eigenvalue weighted by Crippen LogP contribution is 2.26. The second kappa shape index (κ2) is 7.56. The number of aliphatic hydroxyl groups is 1. The maximum Gasteiger partial charge on any atom is 0.242 e. The number of rotatable bonds is 5. The van der Waals surface area contributed by atoms with E-state index in [0.717, 1.165) is 39.0 Å². The monoisotopic (exact) mass is 297 g/mol. The highest BCUT2D eigenvalue weighted by atomic mass is 16.3. The lowest BCUT2D eigenvalue weighted by Crippen LogP contribution is -2.62. The topological polar surface area (TPSA) is 55.8 Å². The summed E-state index contributed by atoms with van der Waals surface area (Å²) in [5.41, 5.74) is -0.477. The van der Waals surface area contributed by atoms with Crippen molar-refractivity contribution in [3.05, 3.63) is 0 Å². The molecule has 1 aliphatic heterocycles. The van der Waals surface area contributed by atoms with E-state index in [4.69, 9.17) is 0 Å². The Morgan fingerprint density at radius 1 is 1.24 bits per heavy atom. The third-order valence-electron chi connectivity index (χ3n) is 5.05. The number of hydrogen-bond donors (Lipinski definition) is 2. The van der Waals surface area contributed by atoms with Crippen molar-refractivity contribution in [3.63, 3.8) is 0 Å². The summed E-state index contributed by atoms with van der Waals surface area (Å²) in [6.45, 7) is 8.31. The second-order valence-electron chi connectivity index (χ2n) is 6.81. The molecule has 0 bridgehead atoms. The van der Waals surface area contributed by atoms with Gasteiger partial charge in [-0.2, -0.15) is 0 Å². The Morgan fingerprint density at radius 3 is 2.43 bits per heavy atom. The standard InChI is InChI=1S/C16H31N3O2/c1-16(2,18-10-8-17-9-11-18)15(21)19(12-13-20)14-6-4-3-5-7-14/h14,17,20H,3-13H2,1-2H3. The fraction of sp³-hybridized carbons (Fsp3) is 0.938. The predicted molar refractivity (Wildman–Crippen MR) is 84.2 cm³/mol. The second-order valence-corrected chi connectivity index (χ2v) is 6.81. The highest BCUT2D eigenvalue weighted by Gasteiger charge is 2.40. The summed E-state index contributed by atoms with van der Waals surface area (Å²) >= 11 is 0. The minimum Gasteiger partial charge on any atom is -0.395 e. The van der Waals surface area contributed by atoms with Crippen molar-refractivity contribution in [2.24, 2.45) is 0 Å². The molecule has 1 saturated carbocycles. The maximum absolute atomic E-state index is 13.1. The molecule has 21 heavy (non-hydrogen) atoms. The molecule has 2 fully saturated rings. The summed E-state index contributed by atoms with van der Waals surface area (Å²) in [5, 5.41) is 12.7. The van der Waals surface area contributed by atoms with Crippen LogP contribution in [0.2, 0.25) is 0 Å². The molecule has 122 valence electrons. The Balaban J connectivity index is 2.07. The quantitative estimate of drug-likeness (QED) is 0.789. The summed E-state index contributed by atoms with van der Waals surface area (Å²) in [5.74, 6) is 0.186. The highest BCUT2D eigenvalue weighted by molar-refractivity contribution is 5.85. The van der Waals surface area contributed by atoms with Gasteiger partial charge in [-0.25, -0.2) is 0 Å². The van der Waals surface area contributed by atoms with Gasteiger partial charge in [-0.15, -0.1) is 0 Å². The predicted octanol–water partition coefficient (Wildman–Crippen LogP) is 0.824. The van der Waals surface area contributed by atoms with Gasteiger partial charge in [0, 0.05) is 38.8 Å². The van der Waals surface area contributed by atoms with E-state index in [1.54, 1.807) is 0 Å². The van der Waals surface area contributed by atoms with Crippen LogP contribution >= 0.6 is 0 Å².